The molecule has 10 heteroatoms. The summed E-state index contributed by atoms with van der Waals surface area (Å²) in [7, 11) is 1.44. The van der Waals surface area contributed by atoms with Crippen LogP contribution in [0.2, 0.25) is 0 Å². The van der Waals surface area contributed by atoms with E-state index in [0.29, 0.717) is 22.5 Å². The van der Waals surface area contributed by atoms with Gasteiger partial charge in [-0.1, -0.05) is 0 Å². The number of aryl methyl sites for hydroxylation is 1. The van der Waals surface area contributed by atoms with Gasteiger partial charge in [-0.15, -0.1) is 0 Å². The van der Waals surface area contributed by atoms with Gasteiger partial charge in [-0.3, -0.25) is 4.79 Å². The lowest BCUT2D eigenvalue weighted by Gasteiger charge is -2.39. The summed E-state index contributed by atoms with van der Waals surface area (Å²) in [6, 6.07) is 4.44. The highest BCUT2D eigenvalue weighted by molar-refractivity contribution is 6.07. The number of phenols is 1. The predicted molar refractivity (Wildman–Crippen MR) is 112 cm³/mol. The number of benzene rings is 2. The van der Waals surface area contributed by atoms with E-state index in [-0.39, 0.29) is 22.1 Å². The molecule has 2 heterocycles. The number of aromatic hydroxyl groups is 1. The molecular weight excluding hydrogens is 424 g/mol. The summed E-state index contributed by atoms with van der Waals surface area (Å²) in [5, 5.41) is 51.5. The van der Waals surface area contributed by atoms with Crippen LogP contribution < -0.4 is 14.9 Å². The largest absolute Gasteiger partial charge is 0.506 e. The first kappa shape index (κ1) is 22.3. The molecule has 0 spiro atoms. The Bertz CT molecular complexity index is 1230. The molecule has 0 aliphatic carbocycles. The van der Waals surface area contributed by atoms with Gasteiger partial charge in [-0.25, -0.2) is 0 Å². The molecule has 0 bridgehead atoms. The van der Waals surface area contributed by atoms with Crippen molar-refractivity contribution in [3.8, 4) is 17.2 Å². The highest BCUT2D eigenvalue weighted by Crippen LogP contribution is 2.44. The standard InChI is InChI=1S/C22H24O10/c1-8-4-11(24)16-13(30-8)6-10-5-12(29-3)9(2)21(15(10)18(16)26)32-22-20(28)19(27)17(25)14(7-23)31-22/h4-6,14,17,19-20,22-23,25-28H,7H2,1-3H3/t14-,17-,19+,20-,22+/m1/s1. The third-order valence-electron chi connectivity index (χ3n) is 5.67. The fraction of sp³-hybridized carbons (Fsp3) is 0.409. The first-order chi connectivity index (χ1) is 15.2. The molecule has 32 heavy (non-hydrogen) atoms. The van der Waals surface area contributed by atoms with Crippen molar-refractivity contribution in [2.24, 2.45) is 0 Å². The molecule has 2 aromatic carbocycles. The molecule has 1 saturated heterocycles. The van der Waals surface area contributed by atoms with E-state index in [1.54, 1.807) is 26.0 Å². The lowest BCUT2D eigenvalue weighted by atomic mass is 9.98. The molecular formula is C22H24O10. The van der Waals surface area contributed by atoms with Crippen molar-refractivity contribution < 1.29 is 44.2 Å². The van der Waals surface area contributed by atoms with Crippen molar-refractivity contribution in [2.75, 3.05) is 13.7 Å². The highest BCUT2D eigenvalue weighted by Gasteiger charge is 2.45. The van der Waals surface area contributed by atoms with Crippen LogP contribution in [0.15, 0.2) is 27.4 Å². The monoisotopic (exact) mass is 448 g/mol. The van der Waals surface area contributed by atoms with Crippen LogP contribution in [0.25, 0.3) is 21.7 Å². The fourth-order valence-corrected chi connectivity index (χ4v) is 3.98. The molecule has 10 nitrogen and oxygen atoms in total. The summed E-state index contributed by atoms with van der Waals surface area (Å²) in [5.41, 5.74) is 0.142. The number of ether oxygens (including phenoxy) is 3. The van der Waals surface area contributed by atoms with Crippen LogP contribution in [0.5, 0.6) is 17.2 Å². The molecule has 0 radical (unpaired) electrons. The maximum absolute atomic E-state index is 12.5. The Balaban J connectivity index is 1.94. The fourth-order valence-electron chi connectivity index (χ4n) is 3.98. The topological polar surface area (TPSA) is 159 Å². The molecule has 1 aliphatic rings. The summed E-state index contributed by atoms with van der Waals surface area (Å²) >= 11 is 0. The van der Waals surface area contributed by atoms with Gasteiger partial charge in [0.2, 0.25) is 6.29 Å². The Morgan fingerprint density at radius 3 is 2.41 bits per heavy atom. The Hall–Kier alpha value is -2.89. The van der Waals surface area contributed by atoms with Gasteiger partial charge in [0, 0.05) is 11.6 Å². The maximum atomic E-state index is 12.5. The van der Waals surface area contributed by atoms with Crippen molar-refractivity contribution in [2.45, 2.75) is 44.6 Å². The van der Waals surface area contributed by atoms with E-state index < -0.39 is 48.5 Å². The van der Waals surface area contributed by atoms with Gasteiger partial charge in [-0.05, 0) is 31.4 Å². The third-order valence-corrected chi connectivity index (χ3v) is 5.67. The number of methoxy groups -OCH3 is 1. The van der Waals surface area contributed by atoms with Crippen LogP contribution in [0.1, 0.15) is 11.3 Å². The van der Waals surface area contributed by atoms with Gasteiger partial charge >= 0.3 is 0 Å². The Morgan fingerprint density at radius 2 is 1.75 bits per heavy atom. The molecule has 0 unspecified atom stereocenters. The van der Waals surface area contributed by atoms with Gasteiger partial charge in [-0.2, -0.15) is 0 Å². The van der Waals surface area contributed by atoms with Crippen molar-refractivity contribution in [3.63, 3.8) is 0 Å². The number of hydrogen-bond acceptors (Lipinski definition) is 10. The molecule has 1 aromatic heterocycles. The van der Waals surface area contributed by atoms with Crippen molar-refractivity contribution in [1.82, 2.24) is 0 Å². The van der Waals surface area contributed by atoms with E-state index in [4.69, 9.17) is 18.6 Å². The van der Waals surface area contributed by atoms with Gasteiger partial charge in [0.05, 0.1) is 19.1 Å². The number of aliphatic hydroxyl groups is 4. The minimum atomic E-state index is -1.66. The van der Waals surface area contributed by atoms with Gasteiger partial charge in [0.15, 0.2) is 5.43 Å². The van der Waals surface area contributed by atoms with E-state index in [1.807, 2.05) is 0 Å². The average molecular weight is 448 g/mol. The molecule has 5 N–H and O–H groups in total. The average Bonchev–Trinajstić information content (AvgIpc) is 2.74. The van der Waals surface area contributed by atoms with Crippen molar-refractivity contribution in [3.05, 3.63) is 39.7 Å². The summed E-state index contributed by atoms with van der Waals surface area (Å²) in [5.74, 6) is 0.392. The molecule has 3 aromatic rings. The van der Waals surface area contributed by atoms with Crippen molar-refractivity contribution in [1.29, 1.82) is 0 Å². The number of rotatable bonds is 4. The van der Waals surface area contributed by atoms with Gasteiger partial charge in [0.25, 0.3) is 0 Å². The summed E-state index contributed by atoms with van der Waals surface area (Å²) in [6.45, 7) is 2.63. The molecule has 1 aliphatic heterocycles. The molecule has 4 rings (SSSR count). The maximum Gasteiger partial charge on any atom is 0.229 e. The second-order valence-corrected chi connectivity index (χ2v) is 7.77. The molecule has 0 saturated carbocycles. The number of aliphatic hydroxyl groups excluding tert-OH is 4. The zero-order chi connectivity index (χ0) is 23.3. The Labute approximate surface area is 181 Å². The zero-order valence-corrected chi connectivity index (χ0v) is 17.6. The van der Waals surface area contributed by atoms with Crippen LogP contribution >= 0.6 is 0 Å². The molecule has 5 atom stereocenters. The van der Waals surface area contributed by atoms with E-state index in [9.17, 15) is 30.3 Å². The number of fused-ring (bicyclic) bond motifs is 2. The highest BCUT2D eigenvalue weighted by atomic mass is 16.7. The second kappa shape index (κ2) is 8.23. The molecule has 0 amide bonds. The zero-order valence-electron chi connectivity index (χ0n) is 17.6. The van der Waals surface area contributed by atoms with E-state index in [2.05, 4.69) is 0 Å². The lowest BCUT2D eigenvalue weighted by molar-refractivity contribution is -0.277. The van der Waals surface area contributed by atoms with Crippen LogP contribution in [0.4, 0.5) is 0 Å². The van der Waals surface area contributed by atoms with Gasteiger partial charge in [0.1, 0.15) is 58.4 Å². The minimum Gasteiger partial charge on any atom is -0.506 e. The molecule has 1 fully saturated rings. The summed E-state index contributed by atoms with van der Waals surface area (Å²) in [4.78, 5) is 12.5. The van der Waals surface area contributed by atoms with Crippen LogP contribution in [-0.2, 0) is 4.74 Å². The minimum absolute atomic E-state index is 0.0306. The Morgan fingerprint density at radius 1 is 1.03 bits per heavy atom. The summed E-state index contributed by atoms with van der Waals surface area (Å²) < 4.78 is 22.3. The number of phenolic OH excluding ortho intramolecular Hbond substituents is 1. The second-order valence-electron chi connectivity index (χ2n) is 7.77. The number of hydrogen-bond donors (Lipinski definition) is 5. The smallest absolute Gasteiger partial charge is 0.229 e. The van der Waals surface area contributed by atoms with E-state index >= 15 is 0 Å². The molecule has 172 valence electrons. The summed E-state index contributed by atoms with van der Waals surface area (Å²) in [6.07, 6.45) is -7.54. The van der Waals surface area contributed by atoms with E-state index in [0.717, 1.165) is 0 Å². The quantitative estimate of drug-likeness (QED) is 0.355. The Kier molecular flexibility index (Phi) is 5.74. The third kappa shape index (κ3) is 3.46. The first-order valence-corrected chi connectivity index (χ1v) is 9.92. The van der Waals surface area contributed by atoms with Gasteiger partial charge < -0.3 is 44.2 Å². The van der Waals surface area contributed by atoms with Crippen LogP contribution in [0, 0.1) is 13.8 Å². The van der Waals surface area contributed by atoms with E-state index in [1.165, 1.54) is 13.2 Å². The first-order valence-electron chi connectivity index (χ1n) is 9.92. The van der Waals surface area contributed by atoms with Crippen LogP contribution in [-0.4, -0.2) is 70.0 Å². The predicted octanol–water partition coefficient (Wildman–Crippen LogP) is 0.456. The SMILES string of the molecule is COc1cc2cc3oc(C)cc(=O)c3c(O)c2c(O[C@@H]2O[C@H](CO)[C@@H](O)[C@H](O)[C@H]2O)c1C. The lowest BCUT2D eigenvalue weighted by Crippen LogP contribution is -2.60. The van der Waals surface area contributed by atoms with Crippen LogP contribution in [0.3, 0.4) is 0 Å². The normalized spacial score (nSPS) is 25.9. The van der Waals surface area contributed by atoms with Crippen molar-refractivity contribution >= 4 is 21.7 Å².